The largest absolute Gasteiger partial charge is 0.461 e. The maximum absolute atomic E-state index is 12.4. The molecule has 22 heavy (non-hydrogen) atoms. The molecule has 1 aliphatic carbocycles. The SMILES string of the molecule is C=CC[C@@H]1C2CCCC(=O)N3CC[C@H](C4C1OC(=O)[C@H]4C)C23. The van der Waals surface area contributed by atoms with E-state index >= 15 is 0 Å². The average molecular weight is 303 g/mol. The van der Waals surface area contributed by atoms with Crippen molar-refractivity contribution in [3.63, 3.8) is 0 Å². The number of hydrogen-bond acceptors (Lipinski definition) is 3. The zero-order chi connectivity index (χ0) is 15.4. The van der Waals surface area contributed by atoms with E-state index in [9.17, 15) is 9.59 Å². The Morgan fingerprint density at radius 1 is 1.32 bits per heavy atom. The van der Waals surface area contributed by atoms with Crippen LogP contribution in [-0.2, 0) is 14.3 Å². The fraction of sp³-hybridized carbons (Fsp3) is 0.778. The first-order valence-corrected chi connectivity index (χ1v) is 8.74. The van der Waals surface area contributed by atoms with Gasteiger partial charge in [-0.3, -0.25) is 9.59 Å². The summed E-state index contributed by atoms with van der Waals surface area (Å²) in [4.78, 5) is 26.8. The van der Waals surface area contributed by atoms with Gasteiger partial charge in [0.05, 0.1) is 5.92 Å². The molecular weight excluding hydrogens is 278 g/mol. The number of ether oxygens (including phenoxy) is 1. The fourth-order valence-corrected chi connectivity index (χ4v) is 5.86. The first-order chi connectivity index (χ1) is 10.6. The van der Waals surface area contributed by atoms with Gasteiger partial charge in [-0.05, 0) is 37.5 Å². The maximum atomic E-state index is 12.4. The highest BCUT2D eigenvalue weighted by molar-refractivity contribution is 5.78. The van der Waals surface area contributed by atoms with Crippen LogP contribution in [0.1, 0.15) is 39.0 Å². The van der Waals surface area contributed by atoms with Gasteiger partial charge in [0.2, 0.25) is 5.91 Å². The number of rotatable bonds is 2. The van der Waals surface area contributed by atoms with Crippen LogP contribution in [0.3, 0.4) is 0 Å². The van der Waals surface area contributed by atoms with Gasteiger partial charge in [-0.2, -0.15) is 0 Å². The van der Waals surface area contributed by atoms with Crippen LogP contribution in [0.2, 0.25) is 0 Å². The predicted molar refractivity (Wildman–Crippen MR) is 81.8 cm³/mol. The number of fused-ring (bicyclic) bond motifs is 2. The minimum absolute atomic E-state index is 0.0263. The zero-order valence-electron chi connectivity index (χ0n) is 13.2. The molecule has 0 aromatic rings. The highest BCUT2D eigenvalue weighted by Crippen LogP contribution is 2.55. The van der Waals surface area contributed by atoms with Gasteiger partial charge in [0.15, 0.2) is 0 Å². The molecule has 4 rings (SSSR count). The van der Waals surface area contributed by atoms with Crippen molar-refractivity contribution in [1.82, 2.24) is 4.90 Å². The minimum Gasteiger partial charge on any atom is -0.461 e. The normalized spacial score (nSPS) is 46.8. The van der Waals surface area contributed by atoms with Crippen molar-refractivity contribution >= 4 is 11.9 Å². The van der Waals surface area contributed by atoms with Crippen molar-refractivity contribution in [3.05, 3.63) is 12.7 Å². The Labute approximate surface area is 131 Å². The summed E-state index contributed by atoms with van der Waals surface area (Å²) in [6.45, 7) is 6.80. The lowest BCUT2D eigenvalue weighted by molar-refractivity contribution is -0.149. The molecule has 3 saturated heterocycles. The number of nitrogens with zero attached hydrogens (tertiary/aromatic N) is 1. The topological polar surface area (TPSA) is 46.6 Å². The van der Waals surface area contributed by atoms with Gasteiger partial charge in [0.25, 0.3) is 0 Å². The second-order valence-electron chi connectivity index (χ2n) is 7.54. The summed E-state index contributed by atoms with van der Waals surface area (Å²) in [5.41, 5.74) is 0. The third-order valence-corrected chi connectivity index (χ3v) is 6.67. The molecule has 4 aliphatic rings. The van der Waals surface area contributed by atoms with E-state index in [0.717, 1.165) is 32.2 Å². The molecule has 7 atom stereocenters. The molecule has 4 fully saturated rings. The molecule has 4 unspecified atom stereocenters. The van der Waals surface area contributed by atoms with E-state index in [2.05, 4.69) is 11.5 Å². The summed E-state index contributed by atoms with van der Waals surface area (Å²) in [6, 6.07) is 0.332. The smallest absolute Gasteiger partial charge is 0.309 e. The first-order valence-electron chi connectivity index (χ1n) is 8.74. The van der Waals surface area contributed by atoms with Crippen molar-refractivity contribution in [2.75, 3.05) is 6.54 Å². The molecule has 4 nitrogen and oxygen atoms in total. The van der Waals surface area contributed by atoms with Crippen molar-refractivity contribution in [2.24, 2.45) is 29.6 Å². The van der Waals surface area contributed by atoms with Crippen molar-refractivity contribution in [3.8, 4) is 0 Å². The van der Waals surface area contributed by atoms with Gasteiger partial charge in [-0.25, -0.2) is 0 Å². The van der Waals surface area contributed by atoms with Crippen LogP contribution < -0.4 is 0 Å². The zero-order valence-corrected chi connectivity index (χ0v) is 13.2. The summed E-state index contributed by atoms with van der Waals surface area (Å²) in [5.74, 6) is 1.80. The van der Waals surface area contributed by atoms with Crippen LogP contribution in [0.5, 0.6) is 0 Å². The molecule has 1 saturated carbocycles. The second-order valence-corrected chi connectivity index (χ2v) is 7.54. The van der Waals surface area contributed by atoms with Crippen molar-refractivity contribution in [2.45, 2.75) is 51.2 Å². The molecule has 1 amide bonds. The molecule has 0 radical (unpaired) electrons. The molecule has 0 bridgehead atoms. The Kier molecular flexibility index (Phi) is 3.31. The molecule has 3 heterocycles. The first kappa shape index (κ1) is 14.3. The van der Waals surface area contributed by atoms with Gasteiger partial charge >= 0.3 is 5.97 Å². The van der Waals surface area contributed by atoms with E-state index in [4.69, 9.17) is 4.74 Å². The number of carbonyl (C=O) groups excluding carboxylic acids is 2. The molecule has 4 heteroatoms. The summed E-state index contributed by atoms with van der Waals surface area (Å²) in [6.07, 6.45) is 6.66. The van der Waals surface area contributed by atoms with Crippen LogP contribution >= 0.6 is 0 Å². The number of carbonyl (C=O) groups is 2. The number of allylic oxidation sites excluding steroid dienone is 1. The van der Waals surface area contributed by atoms with E-state index in [1.54, 1.807) is 0 Å². The highest BCUT2D eigenvalue weighted by atomic mass is 16.6. The average Bonchev–Trinajstić information content (AvgIpc) is 2.99. The Hall–Kier alpha value is -1.32. The van der Waals surface area contributed by atoms with Crippen LogP contribution in [0, 0.1) is 29.6 Å². The van der Waals surface area contributed by atoms with Crippen LogP contribution in [-0.4, -0.2) is 35.5 Å². The van der Waals surface area contributed by atoms with Gasteiger partial charge in [0, 0.05) is 30.8 Å². The highest BCUT2D eigenvalue weighted by Gasteiger charge is 2.61. The second kappa shape index (κ2) is 5.10. The Bertz CT molecular complexity index is 516. The third kappa shape index (κ3) is 1.82. The molecule has 120 valence electrons. The van der Waals surface area contributed by atoms with Gasteiger partial charge < -0.3 is 9.64 Å². The van der Waals surface area contributed by atoms with Crippen molar-refractivity contribution < 1.29 is 14.3 Å². The molecule has 3 aliphatic heterocycles. The molecule has 0 N–H and O–H groups in total. The van der Waals surface area contributed by atoms with Gasteiger partial charge in [0.1, 0.15) is 6.10 Å². The summed E-state index contributed by atoms with van der Waals surface area (Å²) in [5, 5.41) is 0. The number of hydrogen-bond donors (Lipinski definition) is 0. The number of amides is 1. The van der Waals surface area contributed by atoms with Crippen LogP contribution in [0.4, 0.5) is 0 Å². The monoisotopic (exact) mass is 303 g/mol. The lowest BCUT2D eigenvalue weighted by Crippen LogP contribution is -2.54. The van der Waals surface area contributed by atoms with Crippen molar-refractivity contribution in [1.29, 1.82) is 0 Å². The maximum Gasteiger partial charge on any atom is 0.309 e. The van der Waals surface area contributed by atoms with Gasteiger partial charge in [-0.15, -0.1) is 6.58 Å². The van der Waals surface area contributed by atoms with E-state index in [-0.39, 0.29) is 23.9 Å². The van der Waals surface area contributed by atoms with E-state index in [1.165, 1.54) is 0 Å². The van der Waals surface area contributed by atoms with Gasteiger partial charge in [-0.1, -0.05) is 13.0 Å². The van der Waals surface area contributed by atoms with E-state index in [0.29, 0.717) is 36.1 Å². The van der Waals surface area contributed by atoms with Crippen LogP contribution in [0.25, 0.3) is 0 Å². The molecule has 0 spiro atoms. The summed E-state index contributed by atoms with van der Waals surface area (Å²) >= 11 is 0. The quantitative estimate of drug-likeness (QED) is 0.581. The third-order valence-electron chi connectivity index (χ3n) is 6.67. The predicted octanol–water partition coefficient (Wildman–Crippen LogP) is 2.39. The summed E-state index contributed by atoms with van der Waals surface area (Å²) in [7, 11) is 0. The Balaban J connectivity index is 1.76. The summed E-state index contributed by atoms with van der Waals surface area (Å²) < 4.78 is 5.82. The van der Waals surface area contributed by atoms with Crippen LogP contribution in [0.15, 0.2) is 12.7 Å². The molecule has 0 aromatic carbocycles. The minimum atomic E-state index is -0.0368. The standard InChI is InChI=1S/C18H25NO3/c1-3-5-12-11-6-4-7-14(20)19-9-8-13(16(11)19)15-10(2)18(21)22-17(12)15/h3,10-13,15-17H,1,4-9H2,2H3/t10-,11?,12+,13+,15?,16?,17?/m0/s1. The fourth-order valence-electron chi connectivity index (χ4n) is 5.86. The Morgan fingerprint density at radius 2 is 2.14 bits per heavy atom. The van der Waals surface area contributed by atoms with E-state index < -0.39 is 0 Å². The van der Waals surface area contributed by atoms with E-state index in [1.807, 2.05) is 13.0 Å². The molecule has 0 aromatic heterocycles. The lowest BCUT2D eigenvalue weighted by atomic mass is 9.60. The molecular formula is C18H25NO3. The Morgan fingerprint density at radius 3 is 2.91 bits per heavy atom. The lowest BCUT2D eigenvalue weighted by Gasteiger charge is -2.48. The number of esters is 1.